The molecule has 1 atom stereocenters. The van der Waals surface area contributed by atoms with Crippen molar-refractivity contribution in [1.29, 1.82) is 0 Å². The van der Waals surface area contributed by atoms with E-state index in [9.17, 15) is 0 Å². The number of imidazole rings is 1. The summed E-state index contributed by atoms with van der Waals surface area (Å²) in [6.07, 6.45) is 0. The van der Waals surface area contributed by atoms with E-state index in [0.717, 1.165) is 29.9 Å². The molecule has 104 valence electrons. The Morgan fingerprint density at radius 1 is 1.42 bits per heavy atom. The monoisotopic (exact) mass is 297 g/mol. The van der Waals surface area contributed by atoms with Gasteiger partial charge in [0.05, 0.1) is 5.69 Å². The molecule has 0 bridgehead atoms. The number of nitrogens with zero attached hydrogens (tertiary/aromatic N) is 4. The molecule has 0 radical (unpaired) electrons. The number of rotatable bonds is 3. The standard InChI is InChI=1S/C12H19N5S2/c1-3-17-11-10(8(2)15-17)14-12(13)16(11)6-9-7-18-4-5-19-9/h9H,3-7H2,1-2H3,(H2,13,14). The molecular weight excluding hydrogens is 278 g/mol. The number of aromatic nitrogens is 4. The zero-order chi connectivity index (χ0) is 13.4. The van der Waals surface area contributed by atoms with Gasteiger partial charge in [-0.1, -0.05) is 0 Å². The SMILES string of the molecule is CCn1nc(C)c2nc(N)n(CC3CSCCS3)c21. The summed E-state index contributed by atoms with van der Waals surface area (Å²) in [7, 11) is 0. The van der Waals surface area contributed by atoms with Gasteiger partial charge < -0.3 is 5.73 Å². The van der Waals surface area contributed by atoms with Crippen molar-refractivity contribution in [2.24, 2.45) is 0 Å². The molecule has 1 aliphatic heterocycles. The van der Waals surface area contributed by atoms with Gasteiger partial charge in [-0.05, 0) is 13.8 Å². The second-order valence-electron chi connectivity index (χ2n) is 4.72. The molecule has 5 nitrogen and oxygen atoms in total. The van der Waals surface area contributed by atoms with Crippen molar-refractivity contribution < 1.29 is 0 Å². The predicted octanol–water partition coefficient (Wildman–Crippen LogP) is 1.99. The zero-order valence-electron chi connectivity index (χ0n) is 11.3. The lowest BCUT2D eigenvalue weighted by atomic mass is 10.4. The summed E-state index contributed by atoms with van der Waals surface area (Å²) >= 11 is 4.08. The normalized spacial score (nSPS) is 20.2. The van der Waals surface area contributed by atoms with Crippen molar-refractivity contribution in [2.45, 2.75) is 32.2 Å². The molecular formula is C12H19N5S2. The van der Waals surface area contributed by atoms with Crippen molar-refractivity contribution in [3.05, 3.63) is 5.69 Å². The quantitative estimate of drug-likeness (QED) is 0.939. The Morgan fingerprint density at radius 2 is 2.26 bits per heavy atom. The fourth-order valence-electron chi connectivity index (χ4n) is 2.49. The second kappa shape index (κ2) is 5.28. The van der Waals surface area contributed by atoms with Crippen LogP contribution in [0.5, 0.6) is 0 Å². The van der Waals surface area contributed by atoms with Crippen molar-refractivity contribution in [1.82, 2.24) is 19.3 Å². The molecule has 1 saturated heterocycles. The average Bonchev–Trinajstić information content (AvgIpc) is 2.90. The number of thioether (sulfide) groups is 2. The molecule has 3 heterocycles. The minimum Gasteiger partial charge on any atom is -0.369 e. The average molecular weight is 297 g/mol. The Balaban J connectivity index is 1.99. The molecule has 3 rings (SSSR count). The van der Waals surface area contributed by atoms with E-state index in [2.05, 4.69) is 21.6 Å². The fourth-order valence-corrected chi connectivity index (χ4v) is 5.14. The molecule has 2 N–H and O–H groups in total. The van der Waals surface area contributed by atoms with Gasteiger partial charge >= 0.3 is 0 Å². The first-order valence-electron chi connectivity index (χ1n) is 6.59. The third kappa shape index (κ3) is 2.33. The highest BCUT2D eigenvalue weighted by atomic mass is 32.2. The van der Waals surface area contributed by atoms with Crippen LogP contribution in [0.15, 0.2) is 0 Å². The van der Waals surface area contributed by atoms with Gasteiger partial charge in [-0.3, -0.25) is 4.57 Å². The topological polar surface area (TPSA) is 61.7 Å². The Morgan fingerprint density at radius 3 is 2.95 bits per heavy atom. The highest BCUT2D eigenvalue weighted by Gasteiger charge is 2.21. The van der Waals surface area contributed by atoms with E-state index >= 15 is 0 Å². The van der Waals surface area contributed by atoms with Gasteiger partial charge in [0.25, 0.3) is 0 Å². The summed E-state index contributed by atoms with van der Waals surface area (Å²) in [6.45, 7) is 5.88. The van der Waals surface area contributed by atoms with E-state index in [1.54, 1.807) is 0 Å². The Kier molecular flexibility index (Phi) is 3.66. The lowest BCUT2D eigenvalue weighted by molar-refractivity contribution is 0.631. The summed E-state index contributed by atoms with van der Waals surface area (Å²) < 4.78 is 4.15. The molecule has 0 amide bonds. The van der Waals surface area contributed by atoms with Crippen LogP contribution in [0.1, 0.15) is 12.6 Å². The van der Waals surface area contributed by atoms with Crippen LogP contribution >= 0.6 is 23.5 Å². The van der Waals surface area contributed by atoms with Crippen LogP contribution in [-0.2, 0) is 13.1 Å². The fraction of sp³-hybridized carbons (Fsp3) is 0.667. The van der Waals surface area contributed by atoms with E-state index in [1.807, 2.05) is 35.1 Å². The third-order valence-electron chi connectivity index (χ3n) is 3.40. The summed E-state index contributed by atoms with van der Waals surface area (Å²) in [5.74, 6) is 4.32. The lowest BCUT2D eigenvalue weighted by Crippen LogP contribution is -2.22. The van der Waals surface area contributed by atoms with Gasteiger partial charge in [0.2, 0.25) is 5.95 Å². The first kappa shape index (κ1) is 13.2. The molecule has 0 spiro atoms. The highest BCUT2D eigenvalue weighted by molar-refractivity contribution is 8.06. The van der Waals surface area contributed by atoms with Crippen LogP contribution in [0.25, 0.3) is 11.2 Å². The minimum atomic E-state index is 0.619. The number of nitrogen functional groups attached to an aromatic ring is 1. The molecule has 2 aromatic rings. The van der Waals surface area contributed by atoms with Crippen LogP contribution in [-0.4, -0.2) is 41.8 Å². The van der Waals surface area contributed by atoms with E-state index < -0.39 is 0 Å². The molecule has 7 heteroatoms. The van der Waals surface area contributed by atoms with Crippen molar-refractivity contribution in [2.75, 3.05) is 23.0 Å². The maximum absolute atomic E-state index is 6.10. The molecule has 1 unspecified atom stereocenters. The first-order chi connectivity index (χ1) is 9.20. The summed E-state index contributed by atoms with van der Waals surface area (Å²) in [4.78, 5) is 4.49. The van der Waals surface area contributed by atoms with E-state index in [1.165, 1.54) is 17.3 Å². The number of hydrogen-bond donors (Lipinski definition) is 1. The largest absolute Gasteiger partial charge is 0.369 e. The van der Waals surface area contributed by atoms with Crippen LogP contribution in [0.2, 0.25) is 0 Å². The zero-order valence-corrected chi connectivity index (χ0v) is 12.9. The first-order valence-corrected chi connectivity index (χ1v) is 8.79. The molecule has 19 heavy (non-hydrogen) atoms. The van der Waals surface area contributed by atoms with Gasteiger partial charge in [-0.25, -0.2) is 9.67 Å². The number of hydrogen-bond acceptors (Lipinski definition) is 5. The summed E-state index contributed by atoms with van der Waals surface area (Å²) in [5.41, 5.74) is 9.10. The minimum absolute atomic E-state index is 0.619. The van der Waals surface area contributed by atoms with Crippen LogP contribution < -0.4 is 5.73 Å². The van der Waals surface area contributed by atoms with Crippen LogP contribution in [0.3, 0.4) is 0 Å². The predicted molar refractivity (Wildman–Crippen MR) is 83.9 cm³/mol. The van der Waals surface area contributed by atoms with Gasteiger partial charge in [0, 0.05) is 35.6 Å². The van der Waals surface area contributed by atoms with Gasteiger partial charge in [-0.15, -0.1) is 0 Å². The maximum Gasteiger partial charge on any atom is 0.202 e. The van der Waals surface area contributed by atoms with Crippen LogP contribution in [0.4, 0.5) is 5.95 Å². The third-order valence-corrected chi connectivity index (χ3v) is 6.23. The van der Waals surface area contributed by atoms with Crippen molar-refractivity contribution in [3.8, 4) is 0 Å². The highest BCUT2D eigenvalue weighted by Crippen LogP contribution is 2.28. The van der Waals surface area contributed by atoms with Gasteiger partial charge in [-0.2, -0.15) is 28.6 Å². The van der Waals surface area contributed by atoms with Gasteiger partial charge in [0.15, 0.2) is 5.65 Å². The molecule has 0 aliphatic carbocycles. The summed E-state index contributed by atoms with van der Waals surface area (Å²) in [5, 5.41) is 5.15. The van der Waals surface area contributed by atoms with E-state index in [-0.39, 0.29) is 0 Å². The number of fused-ring (bicyclic) bond motifs is 1. The Hall–Kier alpha value is -0.820. The van der Waals surface area contributed by atoms with Gasteiger partial charge in [0.1, 0.15) is 5.52 Å². The van der Waals surface area contributed by atoms with Crippen molar-refractivity contribution >= 4 is 40.6 Å². The maximum atomic E-state index is 6.10. The summed E-state index contributed by atoms with van der Waals surface area (Å²) in [6, 6.07) is 0. The molecule has 0 aromatic carbocycles. The Labute approximate surface area is 121 Å². The lowest BCUT2D eigenvalue weighted by Gasteiger charge is -2.22. The molecule has 0 saturated carbocycles. The smallest absolute Gasteiger partial charge is 0.202 e. The second-order valence-corrected chi connectivity index (χ2v) is 7.28. The number of nitrogens with two attached hydrogens (primary N) is 1. The van der Waals surface area contributed by atoms with Crippen LogP contribution in [0, 0.1) is 6.92 Å². The number of aryl methyl sites for hydroxylation is 2. The molecule has 1 aliphatic rings. The van der Waals surface area contributed by atoms with E-state index in [4.69, 9.17) is 5.73 Å². The Bertz CT molecular complexity index is 582. The van der Waals surface area contributed by atoms with Crippen molar-refractivity contribution in [3.63, 3.8) is 0 Å². The molecule has 2 aromatic heterocycles. The molecule has 1 fully saturated rings. The van der Waals surface area contributed by atoms with E-state index in [0.29, 0.717) is 11.2 Å². The number of anilines is 1.